The summed E-state index contributed by atoms with van der Waals surface area (Å²) in [6, 6.07) is 14.2. The van der Waals surface area contributed by atoms with E-state index in [1.807, 2.05) is 18.2 Å². The number of rotatable bonds is 8. The fraction of sp³-hybridized carbons (Fsp3) is 0.263. The van der Waals surface area contributed by atoms with Crippen LogP contribution < -0.4 is 5.32 Å². The Hall–Kier alpha value is -1.94. The molecule has 9 heteroatoms. The average Bonchev–Trinajstić information content (AvgIpc) is 3.08. The molecule has 1 N–H and O–H groups in total. The molecule has 0 bridgehead atoms. The first kappa shape index (κ1) is 20.8. The van der Waals surface area contributed by atoms with Crippen LogP contribution in [0.3, 0.4) is 0 Å². The van der Waals surface area contributed by atoms with Gasteiger partial charge in [0.25, 0.3) is 0 Å². The Morgan fingerprint density at radius 2 is 1.86 bits per heavy atom. The number of amides is 1. The lowest BCUT2D eigenvalue weighted by Gasteiger charge is -2.12. The molecule has 0 saturated heterocycles. The molecule has 0 spiro atoms. The lowest BCUT2D eigenvalue weighted by molar-refractivity contribution is -0.116. The molecule has 1 heterocycles. The van der Waals surface area contributed by atoms with Crippen LogP contribution in [0.25, 0.3) is 10.2 Å². The maximum absolute atomic E-state index is 12.1. The van der Waals surface area contributed by atoms with Crippen molar-refractivity contribution < 1.29 is 13.2 Å². The second-order valence-electron chi connectivity index (χ2n) is 6.26. The van der Waals surface area contributed by atoms with Crippen molar-refractivity contribution in [3.8, 4) is 0 Å². The molecule has 0 aliphatic heterocycles. The van der Waals surface area contributed by atoms with Gasteiger partial charge in [-0.05, 0) is 42.8 Å². The van der Waals surface area contributed by atoms with Crippen LogP contribution in [0.4, 0.5) is 5.69 Å². The number of fused-ring (bicyclic) bond motifs is 1. The number of thiazole rings is 1. The van der Waals surface area contributed by atoms with E-state index in [0.29, 0.717) is 12.1 Å². The Balaban J connectivity index is 1.45. The standard InChI is InChI=1S/C19H21N3O3S3/c1-22(2)28(24,25)15-11-9-14(10-12-15)20-18(23)8-5-13-26-19-21-16-6-3-4-7-17(16)27-19/h3-4,6-7,9-12H,5,8,13H2,1-2H3,(H,20,23). The second-order valence-corrected chi connectivity index (χ2v) is 10.8. The van der Waals surface area contributed by atoms with Crippen LogP contribution in [-0.4, -0.2) is 43.5 Å². The highest BCUT2D eigenvalue weighted by Crippen LogP contribution is 2.29. The molecule has 3 aromatic rings. The molecule has 0 aliphatic rings. The third-order valence-corrected chi connectivity index (χ3v) is 8.06. The fourth-order valence-electron chi connectivity index (χ4n) is 2.45. The fourth-order valence-corrected chi connectivity index (χ4v) is 5.43. The lowest BCUT2D eigenvalue weighted by Crippen LogP contribution is -2.22. The Bertz CT molecular complexity index is 1030. The third-order valence-electron chi connectivity index (χ3n) is 3.96. The third kappa shape index (κ3) is 5.11. The topological polar surface area (TPSA) is 79.4 Å². The van der Waals surface area contributed by atoms with Gasteiger partial charge in [-0.2, -0.15) is 0 Å². The van der Waals surface area contributed by atoms with Crippen LogP contribution in [0.2, 0.25) is 0 Å². The quantitative estimate of drug-likeness (QED) is 0.426. The minimum absolute atomic E-state index is 0.0897. The van der Waals surface area contributed by atoms with Crippen LogP contribution in [0.5, 0.6) is 0 Å². The van der Waals surface area contributed by atoms with Crippen LogP contribution in [-0.2, 0) is 14.8 Å². The maximum atomic E-state index is 12.1. The molecule has 1 aromatic heterocycles. The summed E-state index contributed by atoms with van der Waals surface area (Å²) >= 11 is 3.32. The highest BCUT2D eigenvalue weighted by molar-refractivity contribution is 8.01. The maximum Gasteiger partial charge on any atom is 0.242 e. The normalized spacial score (nSPS) is 11.8. The number of carbonyl (C=O) groups is 1. The van der Waals surface area contributed by atoms with Gasteiger partial charge in [-0.25, -0.2) is 17.7 Å². The molecule has 0 radical (unpaired) electrons. The van der Waals surface area contributed by atoms with Crippen LogP contribution in [0.15, 0.2) is 57.8 Å². The Labute approximate surface area is 173 Å². The molecule has 3 rings (SSSR count). The van der Waals surface area contributed by atoms with Crippen molar-refractivity contribution in [2.75, 3.05) is 25.2 Å². The van der Waals surface area contributed by atoms with Gasteiger partial charge in [-0.3, -0.25) is 4.79 Å². The number of hydrogen-bond acceptors (Lipinski definition) is 6. The molecule has 148 valence electrons. The number of anilines is 1. The summed E-state index contributed by atoms with van der Waals surface area (Å²) in [5, 5.41) is 2.80. The average molecular weight is 436 g/mol. The number of para-hydroxylation sites is 1. The predicted octanol–water partition coefficient (Wildman–Crippen LogP) is 4.06. The molecule has 0 aliphatic carbocycles. The molecule has 2 aromatic carbocycles. The van der Waals surface area contributed by atoms with Crippen molar-refractivity contribution in [3.05, 3.63) is 48.5 Å². The Morgan fingerprint density at radius 3 is 2.54 bits per heavy atom. The Kier molecular flexibility index (Phi) is 6.71. The zero-order valence-electron chi connectivity index (χ0n) is 15.6. The van der Waals surface area contributed by atoms with E-state index in [-0.39, 0.29) is 10.8 Å². The highest BCUT2D eigenvalue weighted by Gasteiger charge is 2.16. The first-order valence-electron chi connectivity index (χ1n) is 8.67. The van der Waals surface area contributed by atoms with Gasteiger partial charge in [-0.15, -0.1) is 11.3 Å². The van der Waals surface area contributed by atoms with Gasteiger partial charge < -0.3 is 5.32 Å². The van der Waals surface area contributed by atoms with Gasteiger partial charge in [0.05, 0.1) is 15.1 Å². The number of sulfonamides is 1. The molecular weight excluding hydrogens is 414 g/mol. The van der Waals surface area contributed by atoms with E-state index in [0.717, 1.165) is 26.3 Å². The van der Waals surface area contributed by atoms with Crippen molar-refractivity contribution in [2.24, 2.45) is 0 Å². The number of carbonyl (C=O) groups excluding carboxylic acids is 1. The Morgan fingerprint density at radius 1 is 1.14 bits per heavy atom. The molecule has 1 amide bonds. The van der Waals surface area contributed by atoms with Crippen molar-refractivity contribution in [2.45, 2.75) is 22.1 Å². The van der Waals surface area contributed by atoms with Crippen LogP contribution >= 0.6 is 23.1 Å². The minimum atomic E-state index is -3.46. The number of aromatic nitrogens is 1. The molecule has 0 unspecified atom stereocenters. The summed E-state index contributed by atoms with van der Waals surface area (Å²) < 4.78 is 27.4. The van der Waals surface area contributed by atoms with Gasteiger partial charge in [0, 0.05) is 32.0 Å². The zero-order valence-corrected chi connectivity index (χ0v) is 18.0. The van der Waals surface area contributed by atoms with E-state index >= 15 is 0 Å². The van der Waals surface area contributed by atoms with E-state index in [2.05, 4.69) is 16.4 Å². The smallest absolute Gasteiger partial charge is 0.242 e. The number of hydrogen-bond donors (Lipinski definition) is 1. The predicted molar refractivity (Wildman–Crippen MR) is 116 cm³/mol. The van der Waals surface area contributed by atoms with Crippen molar-refractivity contribution in [3.63, 3.8) is 0 Å². The number of benzene rings is 2. The number of thioether (sulfide) groups is 1. The first-order chi connectivity index (χ1) is 13.4. The van der Waals surface area contributed by atoms with Crippen LogP contribution in [0.1, 0.15) is 12.8 Å². The molecule has 0 saturated carbocycles. The van der Waals surface area contributed by atoms with Gasteiger partial charge >= 0.3 is 0 Å². The molecule has 28 heavy (non-hydrogen) atoms. The number of nitrogens with zero attached hydrogens (tertiary/aromatic N) is 2. The van der Waals surface area contributed by atoms with Gasteiger partial charge in [0.2, 0.25) is 15.9 Å². The van der Waals surface area contributed by atoms with Crippen molar-refractivity contribution in [1.82, 2.24) is 9.29 Å². The van der Waals surface area contributed by atoms with E-state index in [1.165, 1.54) is 30.9 Å². The van der Waals surface area contributed by atoms with Crippen molar-refractivity contribution >= 4 is 54.9 Å². The summed E-state index contributed by atoms with van der Waals surface area (Å²) in [6.07, 6.45) is 1.13. The molecule has 6 nitrogen and oxygen atoms in total. The SMILES string of the molecule is CN(C)S(=O)(=O)c1ccc(NC(=O)CCCSc2nc3ccccc3s2)cc1. The first-order valence-corrected chi connectivity index (χ1v) is 11.9. The monoisotopic (exact) mass is 435 g/mol. The zero-order chi connectivity index (χ0) is 20.1. The molecular formula is C19H21N3O3S3. The van der Waals surface area contributed by atoms with E-state index in [4.69, 9.17) is 0 Å². The van der Waals surface area contributed by atoms with Crippen LogP contribution in [0, 0.1) is 0 Å². The van der Waals surface area contributed by atoms with E-state index in [9.17, 15) is 13.2 Å². The summed E-state index contributed by atoms with van der Waals surface area (Å²) in [5.41, 5.74) is 1.59. The van der Waals surface area contributed by atoms with Gasteiger partial charge in [0.1, 0.15) is 0 Å². The number of nitrogens with one attached hydrogen (secondary N) is 1. The summed E-state index contributed by atoms with van der Waals surface area (Å²) in [5.74, 6) is 0.723. The van der Waals surface area contributed by atoms with Gasteiger partial charge in [-0.1, -0.05) is 23.9 Å². The summed E-state index contributed by atoms with van der Waals surface area (Å²) in [4.78, 5) is 16.9. The minimum Gasteiger partial charge on any atom is -0.326 e. The van der Waals surface area contributed by atoms with E-state index < -0.39 is 10.0 Å². The highest BCUT2D eigenvalue weighted by atomic mass is 32.2. The largest absolute Gasteiger partial charge is 0.326 e. The van der Waals surface area contributed by atoms with E-state index in [1.54, 1.807) is 35.2 Å². The summed E-state index contributed by atoms with van der Waals surface area (Å²) in [6.45, 7) is 0. The second kappa shape index (κ2) is 9.04. The van der Waals surface area contributed by atoms with Crippen molar-refractivity contribution in [1.29, 1.82) is 0 Å². The molecule has 0 atom stereocenters. The van der Waals surface area contributed by atoms with Gasteiger partial charge in [0.15, 0.2) is 4.34 Å². The lowest BCUT2D eigenvalue weighted by atomic mass is 10.3. The summed E-state index contributed by atoms with van der Waals surface area (Å²) in [7, 11) is -0.496. The molecule has 0 fully saturated rings.